The molecule has 1 fully saturated rings. The number of hydrogen-bond acceptors (Lipinski definition) is 3. The fourth-order valence-electron chi connectivity index (χ4n) is 3.43. The van der Waals surface area contributed by atoms with Crippen molar-refractivity contribution < 1.29 is 13.6 Å². The summed E-state index contributed by atoms with van der Waals surface area (Å²) >= 11 is 0. The van der Waals surface area contributed by atoms with Crippen molar-refractivity contribution in [2.45, 2.75) is 18.5 Å². The summed E-state index contributed by atoms with van der Waals surface area (Å²) in [5, 5.41) is 7.59. The van der Waals surface area contributed by atoms with Crippen LogP contribution >= 0.6 is 0 Å². The largest absolute Gasteiger partial charge is 0.366 e. The third-order valence-electron chi connectivity index (χ3n) is 4.87. The van der Waals surface area contributed by atoms with Crippen LogP contribution in [0.2, 0.25) is 0 Å². The average Bonchev–Trinajstić information content (AvgIpc) is 3.09. The molecular formula is C19H18F2N4O. The maximum Gasteiger partial charge on any atom is 0.250 e. The van der Waals surface area contributed by atoms with Crippen LogP contribution in [0.15, 0.2) is 42.6 Å². The maximum atomic E-state index is 15.0. The fraction of sp³-hybridized carbons (Fsp3) is 0.263. The van der Waals surface area contributed by atoms with Gasteiger partial charge in [-0.2, -0.15) is 5.10 Å². The molecule has 0 bridgehead atoms. The Morgan fingerprint density at radius 3 is 2.65 bits per heavy atom. The number of hydrogen-bond donors (Lipinski definition) is 2. The highest BCUT2D eigenvalue weighted by molar-refractivity contribution is 6.04. The number of carbonyl (C=O) groups excluding carboxylic acids is 1. The first-order valence-electron chi connectivity index (χ1n) is 8.46. The van der Waals surface area contributed by atoms with Gasteiger partial charge in [0.1, 0.15) is 17.0 Å². The predicted molar refractivity (Wildman–Crippen MR) is 94.4 cm³/mol. The summed E-state index contributed by atoms with van der Waals surface area (Å²) in [5.41, 5.74) is 5.58. The SMILES string of the molecule is NC(=O)c1ccc(F)c2cn(-c3ccc([C@]4(F)CCCNC4)cc3)nc12. The number of piperidine rings is 1. The second kappa shape index (κ2) is 6.17. The smallest absolute Gasteiger partial charge is 0.250 e. The number of nitrogens with one attached hydrogen (secondary N) is 1. The Morgan fingerprint density at radius 1 is 1.23 bits per heavy atom. The van der Waals surface area contributed by atoms with Gasteiger partial charge >= 0.3 is 0 Å². The van der Waals surface area contributed by atoms with E-state index in [4.69, 9.17) is 5.73 Å². The number of aromatic nitrogens is 2. The van der Waals surface area contributed by atoms with E-state index in [0.717, 1.165) is 13.0 Å². The first kappa shape index (κ1) is 16.7. The summed E-state index contributed by atoms with van der Waals surface area (Å²) < 4.78 is 30.5. The summed E-state index contributed by atoms with van der Waals surface area (Å²) in [6.45, 7) is 1.13. The van der Waals surface area contributed by atoms with Crippen LogP contribution in [0.5, 0.6) is 0 Å². The predicted octanol–water partition coefficient (Wildman–Crippen LogP) is 2.81. The molecule has 1 saturated heterocycles. The molecule has 2 aromatic carbocycles. The van der Waals surface area contributed by atoms with Gasteiger partial charge in [0.15, 0.2) is 0 Å². The number of carbonyl (C=O) groups is 1. The topological polar surface area (TPSA) is 72.9 Å². The van der Waals surface area contributed by atoms with Crippen LogP contribution in [-0.4, -0.2) is 28.8 Å². The molecule has 1 atom stereocenters. The molecule has 0 aliphatic carbocycles. The monoisotopic (exact) mass is 356 g/mol. The molecular weight excluding hydrogens is 338 g/mol. The van der Waals surface area contributed by atoms with E-state index in [2.05, 4.69) is 10.4 Å². The Labute approximate surface area is 148 Å². The summed E-state index contributed by atoms with van der Waals surface area (Å²) in [7, 11) is 0. The van der Waals surface area contributed by atoms with Gasteiger partial charge in [-0.3, -0.25) is 4.79 Å². The lowest BCUT2D eigenvalue weighted by molar-refractivity contribution is 0.100. The maximum absolute atomic E-state index is 15.0. The van der Waals surface area contributed by atoms with Crippen molar-refractivity contribution in [3.05, 3.63) is 59.5 Å². The van der Waals surface area contributed by atoms with Crippen molar-refractivity contribution in [2.24, 2.45) is 5.73 Å². The molecule has 1 aromatic heterocycles. The zero-order chi connectivity index (χ0) is 18.3. The zero-order valence-electron chi connectivity index (χ0n) is 14.0. The van der Waals surface area contributed by atoms with Gasteiger partial charge in [0.2, 0.25) is 0 Å². The first-order valence-corrected chi connectivity index (χ1v) is 8.46. The number of fused-ring (bicyclic) bond motifs is 1. The van der Waals surface area contributed by atoms with Crippen LogP contribution in [0.25, 0.3) is 16.6 Å². The van der Waals surface area contributed by atoms with Crippen molar-refractivity contribution in [1.29, 1.82) is 0 Å². The van der Waals surface area contributed by atoms with Crippen molar-refractivity contribution in [1.82, 2.24) is 15.1 Å². The molecule has 7 heteroatoms. The molecule has 2 heterocycles. The van der Waals surface area contributed by atoms with E-state index in [1.54, 1.807) is 24.3 Å². The summed E-state index contributed by atoms with van der Waals surface area (Å²) in [4.78, 5) is 11.5. The molecule has 0 spiro atoms. The molecule has 1 amide bonds. The normalized spacial score (nSPS) is 20.4. The van der Waals surface area contributed by atoms with Gasteiger partial charge in [0, 0.05) is 12.7 Å². The summed E-state index contributed by atoms with van der Waals surface area (Å²) in [6.07, 6.45) is 2.77. The van der Waals surface area contributed by atoms with Gasteiger partial charge in [-0.25, -0.2) is 13.5 Å². The van der Waals surface area contributed by atoms with Crippen molar-refractivity contribution in [3.63, 3.8) is 0 Å². The van der Waals surface area contributed by atoms with Crippen molar-refractivity contribution in [3.8, 4) is 5.69 Å². The van der Waals surface area contributed by atoms with Gasteiger partial charge in [0.05, 0.1) is 16.6 Å². The molecule has 0 radical (unpaired) electrons. The second-order valence-electron chi connectivity index (χ2n) is 6.59. The van der Waals surface area contributed by atoms with E-state index >= 15 is 4.39 Å². The Hall–Kier alpha value is -2.80. The number of benzene rings is 2. The van der Waals surface area contributed by atoms with E-state index < -0.39 is 17.4 Å². The van der Waals surface area contributed by atoms with Crippen LogP contribution in [-0.2, 0) is 5.67 Å². The third-order valence-corrected chi connectivity index (χ3v) is 4.87. The quantitative estimate of drug-likeness (QED) is 0.758. The van der Waals surface area contributed by atoms with E-state index in [1.807, 2.05) is 0 Å². The van der Waals surface area contributed by atoms with Gasteiger partial charge < -0.3 is 11.1 Å². The van der Waals surface area contributed by atoms with Gasteiger partial charge in [-0.05, 0) is 49.2 Å². The molecule has 5 nitrogen and oxygen atoms in total. The van der Waals surface area contributed by atoms with Gasteiger partial charge in [0.25, 0.3) is 5.91 Å². The van der Waals surface area contributed by atoms with Crippen LogP contribution in [0.3, 0.4) is 0 Å². The van der Waals surface area contributed by atoms with Crippen LogP contribution in [0, 0.1) is 5.82 Å². The molecule has 26 heavy (non-hydrogen) atoms. The molecule has 134 valence electrons. The van der Waals surface area contributed by atoms with Crippen LogP contribution in [0.4, 0.5) is 8.78 Å². The first-order chi connectivity index (χ1) is 12.5. The highest BCUT2D eigenvalue weighted by Gasteiger charge is 2.33. The zero-order valence-corrected chi connectivity index (χ0v) is 14.0. The summed E-state index contributed by atoms with van der Waals surface area (Å²) in [5.74, 6) is -1.15. The number of amides is 1. The Kier molecular flexibility index (Phi) is 3.96. The van der Waals surface area contributed by atoms with E-state index in [0.29, 0.717) is 24.2 Å². The Morgan fingerprint density at radius 2 is 2.00 bits per heavy atom. The van der Waals surface area contributed by atoms with E-state index in [9.17, 15) is 9.18 Å². The number of nitrogens with zero attached hydrogens (tertiary/aromatic N) is 2. The molecule has 3 aromatic rings. The van der Waals surface area contributed by atoms with Crippen LogP contribution < -0.4 is 11.1 Å². The minimum atomic E-state index is -1.38. The minimum Gasteiger partial charge on any atom is -0.366 e. The molecule has 4 rings (SSSR count). The van der Waals surface area contributed by atoms with E-state index in [-0.39, 0.29) is 16.5 Å². The second-order valence-corrected chi connectivity index (χ2v) is 6.59. The number of nitrogens with two attached hydrogens (primary N) is 1. The lowest BCUT2D eigenvalue weighted by Gasteiger charge is -2.30. The standard InChI is InChI=1S/C19H18F2N4O/c20-16-7-6-14(18(22)26)17-15(16)10-25(24-17)13-4-2-12(3-5-13)19(21)8-1-9-23-11-19/h2-7,10,23H,1,8-9,11H2,(H2,22,26)/t19-/m0/s1. The summed E-state index contributed by atoms with van der Waals surface area (Å²) in [6, 6.07) is 9.43. The van der Waals surface area contributed by atoms with Crippen molar-refractivity contribution >= 4 is 16.8 Å². The number of alkyl halides is 1. The van der Waals surface area contributed by atoms with Gasteiger partial charge in [-0.1, -0.05) is 12.1 Å². The highest BCUT2D eigenvalue weighted by atomic mass is 19.1. The molecule has 3 N–H and O–H groups in total. The molecule has 0 saturated carbocycles. The number of rotatable bonds is 3. The Bertz CT molecular complexity index is 975. The van der Waals surface area contributed by atoms with Crippen molar-refractivity contribution in [2.75, 3.05) is 13.1 Å². The number of halogens is 2. The minimum absolute atomic E-state index is 0.160. The molecule has 0 unspecified atom stereocenters. The average molecular weight is 356 g/mol. The molecule has 1 aliphatic rings. The Balaban J connectivity index is 1.73. The fourth-order valence-corrected chi connectivity index (χ4v) is 3.43. The van der Waals surface area contributed by atoms with Crippen LogP contribution in [0.1, 0.15) is 28.8 Å². The lowest BCUT2D eigenvalue weighted by atomic mass is 9.88. The highest BCUT2D eigenvalue weighted by Crippen LogP contribution is 2.33. The lowest BCUT2D eigenvalue weighted by Crippen LogP contribution is -2.40. The third kappa shape index (κ3) is 2.74. The number of primary amides is 1. The van der Waals surface area contributed by atoms with E-state index in [1.165, 1.54) is 23.0 Å². The van der Waals surface area contributed by atoms with Gasteiger partial charge in [-0.15, -0.1) is 0 Å². The molecule has 1 aliphatic heterocycles.